The van der Waals surface area contributed by atoms with Crippen molar-refractivity contribution >= 4 is 11.8 Å². The number of likely N-dealkylation sites (tertiary alicyclic amines) is 1. The van der Waals surface area contributed by atoms with Gasteiger partial charge in [0.05, 0.1) is 0 Å². The maximum absolute atomic E-state index is 3.84. The van der Waals surface area contributed by atoms with Crippen LogP contribution in [-0.4, -0.2) is 48.6 Å². The number of rotatable bonds is 6. The average Bonchev–Trinajstić information content (AvgIpc) is 2.47. The van der Waals surface area contributed by atoms with Gasteiger partial charge in [-0.1, -0.05) is 6.92 Å². The number of thioether (sulfide) groups is 1. The molecule has 1 atom stereocenters. The van der Waals surface area contributed by atoms with E-state index in [4.69, 9.17) is 0 Å². The summed E-state index contributed by atoms with van der Waals surface area (Å²) in [6.07, 6.45) is 6.96. The summed E-state index contributed by atoms with van der Waals surface area (Å²) in [5.74, 6) is 4.63. The van der Waals surface area contributed by atoms with Crippen LogP contribution in [0.3, 0.4) is 0 Å². The molecule has 2 saturated heterocycles. The van der Waals surface area contributed by atoms with Crippen LogP contribution in [0.25, 0.3) is 0 Å². The van der Waals surface area contributed by atoms with Gasteiger partial charge in [0.15, 0.2) is 0 Å². The lowest BCUT2D eigenvalue weighted by atomic mass is 9.89. The molecule has 0 radical (unpaired) electrons. The van der Waals surface area contributed by atoms with Gasteiger partial charge in [0.25, 0.3) is 0 Å². The van der Waals surface area contributed by atoms with E-state index in [1.807, 2.05) is 0 Å². The first-order chi connectivity index (χ1) is 9.29. The first-order valence-corrected chi connectivity index (χ1v) is 9.48. The predicted molar refractivity (Wildman–Crippen MR) is 87.0 cm³/mol. The second kappa shape index (κ2) is 8.53. The van der Waals surface area contributed by atoms with Crippen molar-refractivity contribution in [3.8, 4) is 0 Å². The van der Waals surface area contributed by atoms with Crippen LogP contribution in [0.4, 0.5) is 0 Å². The van der Waals surface area contributed by atoms with Gasteiger partial charge in [-0.15, -0.1) is 0 Å². The minimum atomic E-state index is 0.721. The summed E-state index contributed by atoms with van der Waals surface area (Å²) >= 11 is 2.13. The normalized spacial score (nSPS) is 25.6. The molecule has 0 spiro atoms. The number of nitrogens with zero attached hydrogens (tertiary/aromatic N) is 1. The molecule has 1 unspecified atom stereocenters. The van der Waals surface area contributed by atoms with Crippen LogP contribution >= 0.6 is 11.8 Å². The molecule has 2 rings (SSSR count). The van der Waals surface area contributed by atoms with Gasteiger partial charge < -0.3 is 10.2 Å². The standard InChI is InChI=1S/C16H32N2S/c1-3-8-18-9-4-16(5-10-18)14(2)17-13-15-6-11-19-12-7-15/h14-17H,3-13H2,1-2H3. The number of hydrogen-bond donors (Lipinski definition) is 1. The number of piperidine rings is 1. The van der Waals surface area contributed by atoms with E-state index in [9.17, 15) is 0 Å². The maximum atomic E-state index is 3.84. The van der Waals surface area contributed by atoms with E-state index in [2.05, 4.69) is 35.8 Å². The van der Waals surface area contributed by atoms with E-state index >= 15 is 0 Å². The number of hydrogen-bond acceptors (Lipinski definition) is 3. The molecule has 0 aromatic carbocycles. The smallest absolute Gasteiger partial charge is 0.00680 e. The molecule has 0 aromatic heterocycles. The predicted octanol–water partition coefficient (Wildman–Crippen LogP) is 3.23. The Morgan fingerprint density at radius 1 is 1.16 bits per heavy atom. The molecule has 112 valence electrons. The van der Waals surface area contributed by atoms with Crippen molar-refractivity contribution in [1.82, 2.24) is 10.2 Å². The monoisotopic (exact) mass is 284 g/mol. The van der Waals surface area contributed by atoms with Crippen LogP contribution in [0.1, 0.15) is 46.0 Å². The molecule has 19 heavy (non-hydrogen) atoms. The molecular formula is C16H32N2S. The van der Waals surface area contributed by atoms with Gasteiger partial charge in [-0.3, -0.25) is 0 Å². The second-order valence-electron chi connectivity index (χ2n) is 6.43. The maximum Gasteiger partial charge on any atom is 0.00680 e. The lowest BCUT2D eigenvalue weighted by Gasteiger charge is -2.35. The van der Waals surface area contributed by atoms with Gasteiger partial charge in [0.2, 0.25) is 0 Å². The van der Waals surface area contributed by atoms with Crippen molar-refractivity contribution in [1.29, 1.82) is 0 Å². The van der Waals surface area contributed by atoms with Crippen molar-refractivity contribution in [3.63, 3.8) is 0 Å². The Labute approximate surface area is 124 Å². The lowest BCUT2D eigenvalue weighted by molar-refractivity contribution is 0.161. The first-order valence-electron chi connectivity index (χ1n) is 8.33. The molecule has 0 aliphatic carbocycles. The van der Waals surface area contributed by atoms with Crippen LogP contribution in [0.5, 0.6) is 0 Å². The van der Waals surface area contributed by atoms with Crippen molar-refractivity contribution < 1.29 is 0 Å². The quantitative estimate of drug-likeness (QED) is 0.806. The molecule has 3 heteroatoms. The summed E-state index contributed by atoms with van der Waals surface area (Å²) < 4.78 is 0. The highest BCUT2D eigenvalue weighted by atomic mass is 32.2. The lowest BCUT2D eigenvalue weighted by Crippen LogP contribution is -2.43. The van der Waals surface area contributed by atoms with E-state index in [0.29, 0.717) is 0 Å². The van der Waals surface area contributed by atoms with Gasteiger partial charge in [-0.05, 0) is 88.5 Å². The fourth-order valence-electron chi connectivity index (χ4n) is 3.46. The molecule has 0 bridgehead atoms. The summed E-state index contributed by atoms with van der Waals surface area (Å²) in [6.45, 7) is 9.91. The Bertz CT molecular complexity index is 233. The third kappa shape index (κ3) is 5.28. The summed E-state index contributed by atoms with van der Waals surface area (Å²) in [5, 5.41) is 3.84. The van der Waals surface area contributed by atoms with E-state index in [0.717, 1.165) is 17.9 Å². The van der Waals surface area contributed by atoms with Gasteiger partial charge in [-0.25, -0.2) is 0 Å². The minimum absolute atomic E-state index is 0.721. The highest BCUT2D eigenvalue weighted by molar-refractivity contribution is 7.99. The van der Waals surface area contributed by atoms with Crippen molar-refractivity contribution in [2.75, 3.05) is 37.7 Å². The van der Waals surface area contributed by atoms with Gasteiger partial charge in [-0.2, -0.15) is 11.8 Å². The fourth-order valence-corrected chi connectivity index (χ4v) is 4.67. The molecule has 2 aliphatic rings. The molecule has 0 aromatic rings. The van der Waals surface area contributed by atoms with Gasteiger partial charge >= 0.3 is 0 Å². The van der Waals surface area contributed by atoms with Gasteiger partial charge in [0, 0.05) is 6.04 Å². The van der Waals surface area contributed by atoms with Gasteiger partial charge in [0.1, 0.15) is 0 Å². The SMILES string of the molecule is CCCN1CCC(C(C)NCC2CCSCC2)CC1. The minimum Gasteiger partial charge on any atom is -0.314 e. The summed E-state index contributed by atoms with van der Waals surface area (Å²) in [5.41, 5.74) is 0. The van der Waals surface area contributed by atoms with E-state index in [1.54, 1.807) is 0 Å². The Balaban J connectivity index is 1.62. The zero-order chi connectivity index (χ0) is 13.5. The van der Waals surface area contributed by atoms with E-state index < -0.39 is 0 Å². The van der Waals surface area contributed by atoms with Crippen LogP contribution in [0, 0.1) is 11.8 Å². The second-order valence-corrected chi connectivity index (χ2v) is 7.66. The fraction of sp³-hybridized carbons (Fsp3) is 1.00. The molecule has 2 nitrogen and oxygen atoms in total. The zero-order valence-corrected chi connectivity index (χ0v) is 13.7. The van der Waals surface area contributed by atoms with E-state index in [1.165, 1.54) is 69.8 Å². The summed E-state index contributed by atoms with van der Waals surface area (Å²) in [4.78, 5) is 2.64. The number of nitrogens with one attached hydrogen (secondary N) is 1. The molecule has 0 saturated carbocycles. The van der Waals surface area contributed by atoms with Crippen molar-refractivity contribution in [3.05, 3.63) is 0 Å². The summed E-state index contributed by atoms with van der Waals surface area (Å²) in [7, 11) is 0. The van der Waals surface area contributed by atoms with Crippen LogP contribution < -0.4 is 5.32 Å². The topological polar surface area (TPSA) is 15.3 Å². The van der Waals surface area contributed by atoms with Crippen molar-refractivity contribution in [2.24, 2.45) is 11.8 Å². The molecule has 2 heterocycles. The highest BCUT2D eigenvalue weighted by Crippen LogP contribution is 2.24. The molecule has 1 N–H and O–H groups in total. The Morgan fingerprint density at radius 2 is 1.84 bits per heavy atom. The Kier molecular flexibility index (Phi) is 7.03. The Morgan fingerprint density at radius 3 is 2.47 bits per heavy atom. The van der Waals surface area contributed by atoms with E-state index in [-0.39, 0.29) is 0 Å². The Hall–Kier alpha value is 0.270. The molecular weight excluding hydrogens is 252 g/mol. The average molecular weight is 285 g/mol. The van der Waals surface area contributed by atoms with Crippen molar-refractivity contribution in [2.45, 2.75) is 52.0 Å². The summed E-state index contributed by atoms with van der Waals surface area (Å²) in [6, 6.07) is 0.721. The molecule has 2 fully saturated rings. The van der Waals surface area contributed by atoms with Crippen LogP contribution in [0.15, 0.2) is 0 Å². The van der Waals surface area contributed by atoms with Crippen LogP contribution in [-0.2, 0) is 0 Å². The molecule has 0 amide bonds. The van der Waals surface area contributed by atoms with Crippen LogP contribution in [0.2, 0.25) is 0 Å². The largest absolute Gasteiger partial charge is 0.314 e. The third-order valence-corrected chi connectivity index (χ3v) is 6.00. The third-order valence-electron chi connectivity index (χ3n) is 4.95. The first kappa shape index (κ1) is 15.7. The zero-order valence-electron chi connectivity index (χ0n) is 12.9. The highest BCUT2D eigenvalue weighted by Gasteiger charge is 2.24. The molecule has 2 aliphatic heterocycles.